The summed E-state index contributed by atoms with van der Waals surface area (Å²) in [6.45, 7) is 11.6. The van der Waals surface area contributed by atoms with Gasteiger partial charge < -0.3 is 10.2 Å². The van der Waals surface area contributed by atoms with E-state index in [0.717, 1.165) is 26.6 Å². The van der Waals surface area contributed by atoms with Gasteiger partial charge in [-0.15, -0.1) is 0 Å². The number of sulfonamides is 1. The number of rotatable bonds is 12. The molecule has 2 amide bonds. The Kier molecular flexibility index (Phi) is 11.0. The first kappa shape index (κ1) is 32.2. The average Bonchev–Trinajstić information content (AvgIpc) is 2.93. The average molecular weight is 598 g/mol. The van der Waals surface area contributed by atoms with Gasteiger partial charge in [-0.25, -0.2) is 8.42 Å². The van der Waals surface area contributed by atoms with Crippen LogP contribution in [-0.2, 0) is 26.2 Å². The smallest absolute Gasteiger partial charge is 0.264 e. The van der Waals surface area contributed by atoms with Gasteiger partial charge in [-0.3, -0.25) is 13.9 Å². The summed E-state index contributed by atoms with van der Waals surface area (Å²) in [6, 6.07) is 18.3. The van der Waals surface area contributed by atoms with Crippen molar-refractivity contribution in [1.82, 2.24) is 10.2 Å². The van der Waals surface area contributed by atoms with Crippen molar-refractivity contribution in [2.24, 2.45) is 5.92 Å². The number of carbonyl (C=O) groups excluding carboxylic acids is 2. The Hall–Kier alpha value is -3.36. The van der Waals surface area contributed by atoms with E-state index < -0.39 is 28.5 Å². The maximum atomic E-state index is 14.2. The molecule has 1 atom stereocenters. The third-order valence-electron chi connectivity index (χ3n) is 7.00. The zero-order chi connectivity index (χ0) is 30.3. The van der Waals surface area contributed by atoms with E-state index in [2.05, 4.69) is 5.32 Å². The molecule has 0 aliphatic carbocycles. The normalized spacial score (nSPS) is 12.2. The molecule has 1 unspecified atom stereocenters. The molecular formula is C32H40ClN3O4S. The molecule has 0 bridgehead atoms. The standard InChI is InChI=1S/C32H40ClN3O4S/c1-7-30(32(38)34-19-22(2)3)35(20-26-11-9-8-10-24(26)5)31(37)21-36(27-15-14-25(6)29(33)18-27)41(39,40)28-16-12-23(4)13-17-28/h8-18,22,30H,7,19-21H2,1-6H3,(H,34,38). The summed E-state index contributed by atoms with van der Waals surface area (Å²) in [5, 5.41) is 3.33. The highest BCUT2D eigenvalue weighted by molar-refractivity contribution is 7.92. The van der Waals surface area contributed by atoms with Gasteiger partial charge in [0.15, 0.2) is 0 Å². The lowest BCUT2D eigenvalue weighted by Crippen LogP contribution is -2.52. The number of benzene rings is 3. The number of halogens is 1. The number of anilines is 1. The third kappa shape index (κ3) is 8.11. The molecule has 0 spiro atoms. The lowest BCUT2D eigenvalue weighted by atomic mass is 10.1. The molecule has 7 nitrogen and oxygen atoms in total. The largest absolute Gasteiger partial charge is 0.354 e. The summed E-state index contributed by atoms with van der Waals surface area (Å²) in [5.74, 6) is -0.528. The van der Waals surface area contributed by atoms with Gasteiger partial charge in [0.05, 0.1) is 10.6 Å². The Bertz CT molecular complexity index is 1470. The number of nitrogens with one attached hydrogen (secondary N) is 1. The van der Waals surface area contributed by atoms with E-state index in [1.807, 2.05) is 65.8 Å². The highest BCUT2D eigenvalue weighted by Gasteiger charge is 2.34. The number of aryl methyl sites for hydroxylation is 3. The molecular weight excluding hydrogens is 558 g/mol. The highest BCUT2D eigenvalue weighted by atomic mass is 35.5. The Morgan fingerprint density at radius 1 is 0.927 bits per heavy atom. The van der Waals surface area contributed by atoms with E-state index in [-0.39, 0.29) is 29.0 Å². The highest BCUT2D eigenvalue weighted by Crippen LogP contribution is 2.29. The van der Waals surface area contributed by atoms with E-state index in [4.69, 9.17) is 11.6 Å². The minimum Gasteiger partial charge on any atom is -0.354 e. The Morgan fingerprint density at radius 2 is 1.59 bits per heavy atom. The van der Waals surface area contributed by atoms with Gasteiger partial charge in [0, 0.05) is 18.1 Å². The van der Waals surface area contributed by atoms with Crippen molar-refractivity contribution in [1.29, 1.82) is 0 Å². The van der Waals surface area contributed by atoms with Crippen molar-refractivity contribution >= 4 is 39.1 Å². The Labute approximate surface area is 249 Å². The van der Waals surface area contributed by atoms with Crippen molar-refractivity contribution in [2.75, 3.05) is 17.4 Å². The Balaban J connectivity index is 2.08. The molecule has 41 heavy (non-hydrogen) atoms. The monoisotopic (exact) mass is 597 g/mol. The van der Waals surface area contributed by atoms with Crippen LogP contribution in [0.4, 0.5) is 5.69 Å². The number of nitrogens with zero attached hydrogens (tertiary/aromatic N) is 2. The molecule has 0 heterocycles. The van der Waals surface area contributed by atoms with Crippen molar-refractivity contribution in [3.8, 4) is 0 Å². The molecule has 9 heteroatoms. The van der Waals surface area contributed by atoms with Gasteiger partial charge in [0.2, 0.25) is 11.8 Å². The Morgan fingerprint density at radius 3 is 2.17 bits per heavy atom. The molecule has 0 aliphatic heterocycles. The van der Waals surface area contributed by atoms with Crippen LogP contribution in [0.25, 0.3) is 0 Å². The summed E-state index contributed by atoms with van der Waals surface area (Å²) >= 11 is 6.40. The lowest BCUT2D eigenvalue weighted by Gasteiger charge is -2.33. The van der Waals surface area contributed by atoms with Crippen molar-refractivity contribution in [2.45, 2.75) is 65.4 Å². The number of hydrogen-bond donors (Lipinski definition) is 1. The van der Waals surface area contributed by atoms with Crippen LogP contribution >= 0.6 is 11.6 Å². The molecule has 0 saturated carbocycles. The minimum absolute atomic E-state index is 0.0553. The number of carbonyl (C=O) groups is 2. The third-order valence-corrected chi connectivity index (χ3v) is 9.20. The van der Waals surface area contributed by atoms with Crippen molar-refractivity contribution in [3.63, 3.8) is 0 Å². The second kappa shape index (κ2) is 14.0. The second-order valence-corrected chi connectivity index (χ2v) is 13.0. The van der Waals surface area contributed by atoms with Crippen LogP contribution in [0.2, 0.25) is 5.02 Å². The molecule has 3 aromatic carbocycles. The molecule has 220 valence electrons. The molecule has 0 radical (unpaired) electrons. The molecule has 0 saturated heterocycles. The van der Waals surface area contributed by atoms with E-state index in [1.165, 1.54) is 17.0 Å². The van der Waals surface area contributed by atoms with Crippen LogP contribution in [0.3, 0.4) is 0 Å². The van der Waals surface area contributed by atoms with Crippen LogP contribution in [0.1, 0.15) is 49.4 Å². The van der Waals surface area contributed by atoms with Gasteiger partial charge >= 0.3 is 0 Å². The molecule has 3 rings (SSSR count). The first-order valence-corrected chi connectivity index (χ1v) is 15.6. The zero-order valence-corrected chi connectivity index (χ0v) is 26.2. The van der Waals surface area contributed by atoms with Gasteiger partial charge in [-0.05, 0) is 74.1 Å². The zero-order valence-electron chi connectivity index (χ0n) is 24.6. The van der Waals surface area contributed by atoms with Gasteiger partial charge in [-0.2, -0.15) is 0 Å². The fourth-order valence-electron chi connectivity index (χ4n) is 4.42. The van der Waals surface area contributed by atoms with E-state index >= 15 is 0 Å². The van der Waals surface area contributed by atoms with Gasteiger partial charge in [0.25, 0.3) is 10.0 Å². The summed E-state index contributed by atoms with van der Waals surface area (Å²) in [5.41, 5.74) is 3.80. The van der Waals surface area contributed by atoms with E-state index in [9.17, 15) is 18.0 Å². The van der Waals surface area contributed by atoms with Crippen LogP contribution in [-0.4, -0.2) is 44.3 Å². The van der Waals surface area contributed by atoms with E-state index in [0.29, 0.717) is 18.0 Å². The van der Waals surface area contributed by atoms with Crippen LogP contribution in [0, 0.1) is 26.7 Å². The van der Waals surface area contributed by atoms with Crippen LogP contribution in [0.15, 0.2) is 71.6 Å². The maximum absolute atomic E-state index is 14.2. The van der Waals surface area contributed by atoms with Gasteiger partial charge in [0.1, 0.15) is 12.6 Å². The van der Waals surface area contributed by atoms with E-state index in [1.54, 1.807) is 30.3 Å². The lowest BCUT2D eigenvalue weighted by molar-refractivity contribution is -0.140. The summed E-state index contributed by atoms with van der Waals surface area (Å²) in [6.07, 6.45) is 0.364. The van der Waals surface area contributed by atoms with Gasteiger partial charge in [-0.1, -0.05) is 80.4 Å². The maximum Gasteiger partial charge on any atom is 0.264 e. The molecule has 1 N–H and O–H groups in total. The first-order chi connectivity index (χ1) is 19.3. The fraction of sp³-hybridized carbons (Fsp3) is 0.375. The quantitative estimate of drug-likeness (QED) is 0.276. The molecule has 0 aliphatic rings. The van der Waals surface area contributed by atoms with Crippen LogP contribution in [0.5, 0.6) is 0 Å². The minimum atomic E-state index is -4.16. The molecule has 0 aromatic heterocycles. The fourth-order valence-corrected chi connectivity index (χ4v) is 6.00. The number of amides is 2. The van der Waals surface area contributed by atoms with Crippen molar-refractivity contribution < 1.29 is 18.0 Å². The number of hydrogen-bond acceptors (Lipinski definition) is 4. The summed E-state index contributed by atoms with van der Waals surface area (Å²) in [4.78, 5) is 29.1. The van der Waals surface area contributed by atoms with Crippen molar-refractivity contribution in [3.05, 3.63) is 94.0 Å². The topological polar surface area (TPSA) is 86.8 Å². The predicted molar refractivity (Wildman–Crippen MR) is 166 cm³/mol. The van der Waals surface area contributed by atoms with Crippen LogP contribution < -0.4 is 9.62 Å². The SMILES string of the molecule is CCC(C(=O)NCC(C)C)N(Cc1ccccc1C)C(=O)CN(c1ccc(C)c(Cl)c1)S(=O)(=O)c1ccc(C)cc1. The summed E-state index contributed by atoms with van der Waals surface area (Å²) in [7, 11) is -4.16. The summed E-state index contributed by atoms with van der Waals surface area (Å²) < 4.78 is 29.1. The molecule has 3 aromatic rings. The molecule has 0 fully saturated rings. The predicted octanol–water partition coefficient (Wildman–Crippen LogP) is 6.04. The second-order valence-electron chi connectivity index (χ2n) is 10.8. The first-order valence-electron chi connectivity index (χ1n) is 13.8.